The molecule has 2 fully saturated rings. The number of methoxy groups -OCH3 is 1. The Morgan fingerprint density at radius 1 is 1.52 bits per heavy atom. The molecule has 1 saturated carbocycles. The standard InChI is InChI=1S/C16H24N2O2S/c1-20-8-2-15(19)18(11-13-3-9-21-12-13)14-10-16(14)4-6-17-7-5-16/h3,9,12,14,17H,2,4-8,10-11H2,1H3/t14-/m1/s1. The van der Waals surface area contributed by atoms with E-state index in [9.17, 15) is 4.79 Å². The molecule has 0 radical (unpaired) electrons. The summed E-state index contributed by atoms with van der Waals surface area (Å²) in [4.78, 5) is 14.7. The molecule has 21 heavy (non-hydrogen) atoms. The van der Waals surface area contributed by atoms with Crippen molar-refractivity contribution < 1.29 is 9.53 Å². The zero-order chi connectivity index (χ0) is 14.7. The first-order chi connectivity index (χ1) is 10.2. The molecule has 1 N–H and O–H groups in total. The quantitative estimate of drug-likeness (QED) is 0.876. The Hall–Kier alpha value is -0.910. The molecule has 0 aromatic carbocycles. The zero-order valence-electron chi connectivity index (χ0n) is 12.6. The Kier molecular flexibility index (Phi) is 4.62. The van der Waals surface area contributed by atoms with Crippen LogP contribution in [-0.4, -0.2) is 43.7 Å². The molecule has 1 aromatic rings. The van der Waals surface area contributed by atoms with Crippen molar-refractivity contribution in [3.8, 4) is 0 Å². The molecule has 2 aliphatic rings. The van der Waals surface area contributed by atoms with Crippen LogP contribution in [0.2, 0.25) is 0 Å². The summed E-state index contributed by atoms with van der Waals surface area (Å²) in [5.74, 6) is 0.239. The van der Waals surface area contributed by atoms with Crippen molar-refractivity contribution in [3.63, 3.8) is 0 Å². The van der Waals surface area contributed by atoms with Crippen LogP contribution in [0.5, 0.6) is 0 Å². The van der Waals surface area contributed by atoms with Crippen LogP contribution in [0, 0.1) is 5.41 Å². The van der Waals surface area contributed by atoms with Gasteiger partial charge in [-0.2, -0.15) is 11.3 Å². The van der Waals surface area contributed by atoms with Gasteiger partial charge < -0.3 is 15.0 Å². The normalized spacial score (nSPS) is 23.2. The van der Waals surface area contributed by atoms with E-state index in [1.807, 2.05) is 0 Å². The molecular formula is C16H24N2O2S. The van der Waals surface area contributed by atoms with Gasteiger partial charge in [-0.3, -0.25) is 4.79 Å². The minimum absolute atomic E-state index is 0.239. The van der Waals surface area contributed by atoms with Crippen LogP contribution in [-0.2, 0) is 16.1 Å². The van der Waals surface area contributed by atoms with Gasteiger partial charge in [-0.1, -0.05) is 0 Å². The second kappa shape index (κ2) is 6.46. The van der Waals surface area contributed by atoms with Crippen molar-refractivity contribution >= 4 is 17.2 Å². The van der Waals surface area contributed by atoms with Gasteiger partial charge in [0.05, 0.1) is 13.0 Å². The number of amides is 1. The number of thiophene rings is 1. The Labute approximate surface area is 130 Å². The molecule has 1 saturated heterocycles. The number of hydrogen-bond donors (Lipinski definition) is 1. The van der Waals surface area contributed by atoms with Crippen LogP contribution in [0.1, 0.15) is 31.2 Å². The van der Waals surface area contributed by atoms with Crippen LogP contribution in [0.25, 0.3) is 0 Å². The van der Waals surface area contributed by atoms with E-state index in [0.717, 1.165) is 19.6 Å². The highest BCUT2D eigenvalue weighted by Crippen LogP contribution is 2.56. The van der Waals surface area contributed by atoms with E-state index in [-0.39, 0.29) is 5.91 Å². The van der Waals surface area contributed by atoms with Gasteiger partial charge in [-0.05, 0) is 60.2 Å². The van der Waals surface area contributed by atoms with Crippen molar-refractivity contribution in [1.29, 1.82) is 0 Å². The topological polar surface area (TPSA) is 41.6 Å². The molecule has 4 nitrogen and oxygen atoms in total. The van der Waals surface area contributed by atoms with Gasteiger partial charge in [-0.15, -0.1) is 0 Å². The Balaban J connectivity index is 1.68. The van der Waals surface area contributed by atoms with Gasteiger partial charge in [0.1, 0.15) is 0 Å². The Morgan fingerprint density at radius 3 is 3.00 bits per heavy atom. The summed E-state index contributed by atoms with van der Waals surface area (Å²) in [5.41, 5.74) is 1.64. The van der Waals surface area contributed by atoms with E-state index < -0.39 is 0 Å². The summed E-state index contributed by atoms with van der Waals surface area (Å²) in [6, 6.07) is 2.56. The summed E-state index contributed by atoms with van der Waals surface area (Å²) < 4.78 is 5.08. The predicted octanol–water partition coefficient (Wildman–Crippen LogP) is 2.26. The summed E-state index contributed by atoms with van der Waals surface area (Å²) in [7, 11) is 1.65. The fourth-order valence-corrected chi connectivity index (χ4v) is 4.17. The van der Waals surface area contributed by atoms with Gasteiger partial charge in [0, 0.05) is 19.7 Å². The Bertz CT molecular complexity index is 469. The smallest absolute Gasteiger partial charge is 0.225 e. The first-order valence-corrected chi connectivity index (χ1v) is 8.70. The third-order valence-corrected chi connectivity index (χ3v) is 5.63. The molecule has 0 unspecified atom stereocenters. The molecule has 2 heterocycles. The van der Waals surface area contributed by atoms with Crippen molar-refractivity contribution in [2.24, 2.45) is 5.41 Å². The lowest BCUT2D eigenvalue weighted by molar-refractivity contribution is -0.134. The van der Waals surface area contributed by atoms with E-state index in [4.69, 9.17) is 4.74 Å². The zero-order valence-corrected chi connectivity index (χ0v) is 13.5. The monoisotopic (exact) mass is 308 g/mol. The second-order valence-corrected chi connectivity index (χ2v) is 7.01. The van der Waals surface area contributed by atoms with Crippen LogP contribution >= 0.6 is 11.3 Å². The summed E-state index contributed by atoms with van der Waals surface area (Å²) in [6.07, 6.45) is 4.08. The van der Waals surface area contributed by atoms with Crippen molar-refractivity contribution in [3.05, 3.63) is 22.4 Å². The maximum atomic E-state index is 12.6. The molecule has 1 amide bonds. The third kappa shape index (κ3) is 3.30. The number of carbonyl (C=O) groups is 1. The molecule has 116 valence electrons. The van der Waals surface area contributed by atoms with Gasteiger partial charge in [0.2, 0.25) is 5.91 Å². The number of hydrogen-bond acceptors (Lipinski definition) is 4. The van der Waals surface area contributed by atoms with E-state index >= 15 is 0 Å². The van der Waals surface area contributed by atoms with Gasteiger partial charge in [0.15, 0.2) is 0 Å². The maximum Gasteiger partial charge on any atom is 0.225 e. The fraction of sp³-hybridized carbons (Fsp3) is 0.688. The summed E-state index contributed by atoms with van der Waals surface area (Å²) in [5, 5.41) is 7.66. The molecule has 0 bridgehead atoms. The number of rotatable bonds is 6. The lowest BCUT2D eigenvalue weighted by Gasteiger charge is -2.29. The van der Waals surface area contributed by atoms with Gasteiger partial charge >= 0.3 is 0 Å². The van der Waals surface area contributed by atoms with Crippen molar-refractivity contribution in [2.75, 3.05) is 26.8 Å². The number of piperidine rings is 1. The Morgan fingerprint density at radius 2 is 2.33 bits per heavy atom. The SMILES string of the molecule is COCCC(=O)N(Cc1ccsc1)[C@@H]1CC12CCNCC2. The molecule has 1 aromatic heterocycles. The van der Waals surface area contributed by atoms with E-state index in [1.54, 1.807) is 18.4 Å². The summed E-state index contributed by atoms with van der Waals surface area (Å²) in [6.45, 7) is 3.45. The molecule has 5 heteroatoms. The second-order valence-electron chi connectivity index (χ2n) is 6.23. The molecule has 1 spiro atoms. The van der Waals surface area contributed by atoms with Crippen LogP contribution in [0.4, 0.5) is 0 Å². The minimum atomic E-state index is 0.239. The average Bonchev–Trinajstić information content (AvgIpc) is 2.95. The van der Waals surface area contributed by atoms with Crippen LogP contribution < -0.4 is 5.32 Å². The highest BCUT2D eigenvalue weighted by atomic mass is 32.1. The maximum absolute atomic E-state index is 12.6. The van der Waals surface area contributed by atoms with E-state index in [0.29, 0.717) is 24.5 Å². The number of nitrogens with zero attached hydrogens (tertiary/aromatic N) is 1. The van der Waals surface area contributed by atoms with Crippen molar-refractivity contribution in [2.45, 2.75) is 38.3 Å². The molecule has 1 atom stereocenters. The largest absolute Gasteiger partial charge is 0.384 e. The number of nitrogens with one attached hydrogen (secondary N) is 1. The number of carbonyl (C=O) groups excluding carboxylic acids is 1. The summed E-state index contributed by atoms with van der Waals surface area (Å²) >= 11 is 1.70. The highest BCUT2D eigenvalue weighted by molar-refractivity contribution is 7.07. The number of ether oxygens (including phenoxy) is 1. The van der Waals surface area contributed by atoms with Gasteiger partial charge in [-0.25, -0.2) is 0 Å². The van der Waals surface area contributed by atoms with Crippen molar-refractivity contribution in [1.82, 2.24) is 10.2 Å². The van der Waals surface area contributed by atoms with Crippen LogP contribution in [0.15, 0.2) is 16.8 Å². The lowest BCUT2D eigenvalue weighted by Crippen LogP contribution is -2.39. The molecular weight excluding hydrogens is 284 g/mol. The molecule has 1 aliphatic heterocycles. The first-order valence-electron chi connectivity index (χ1n) is 7.75. The molecule has 3 rings (SSSR count). The highest BCUT2D eigenvalue weighted by Gasteiger charge is 2.57. The first kappa shape index (κ1) is 15.0. The molecule has 1 aliphatic carbocycles. The van der Waals surface area contributed by atoms with E-state index in [1.165, 1.54) is 24.8 Å². The van der Waals surface area contributed by atoms with E-state index in [2.05, 4.69) is 27.0 Å². The van der Waals surface area contributed by atoms with Gasteiger partial charge in [0.25, 0.3) is 0 Å². The van der Waals surface area contributed by atoms with Crippen LogP contribution in [0.3, 0.4) is 0 Å². The minimum Gasteiger partial charge on any atom is -0.384 e. The lowest BCUT2D eigenvalue weighted by atomic mass is 9.93. The fourth-order valence-electron chi connectivity index (χ4n) is 3.51. The average molecular weight is 308 g/mol. The predicted molar refractivity (Wildman–Crippen MR) is 84.3 cm³/mol. The third-order valence-electron chi connectivity index (χ3n) is 4.90.